The quantitative estimate of drug-likeness (QED) is 0.390. The van der Waals surface area contributed by atoms with E-state index >= 15 is 0 Å². The molecule has 1 amide bonds. The number of Topliss-reactive ketones (excluding diaryl/α,β-unsaturated/α-hetero) is 1. The van der Waals surface area contributed by atoms with Crippen molar-refractivity contribution in [2.24, 2.45) is 0 Å². The van der Waals surface area contributed by atoms with E-state index in [0.29, 0.717) is 46.6 Å². The molecule has 1 aromatic carbocycles. The van der Waals surface area contributed by atoms with E-state index in [1.54, 1.807) is 24.5 Å². The highest BCUT2D eigenvalue weighted by Gasteiger charge is 2.44. The fraction of sp³-hybridized carbons (Fsp3) is 0.321. The molecule has 2 saturated heterocycles. The molecule has 2 aliphatic heterocycles. The lowest BCUT2D eigenvalue weighted by molar-refractivity contribution is -0.138. The summed E-state index contributed by atoms with van der Waals surface area (Å²) in [4.78, 5) is 36.4. The first-order valence-electron chi connectivity index (χ1n) is 12.7. The zero-order valence-electron chi connectivity index (χ0n) is 20.8. The third kappa shape index (κ3) is 3.92. The fourth-order valence-corrected chi connectivity index (χ4v) is 6.15. The first-order chi connectivity index (χ1) is 18.4. The molecule has 2 atom stereocenters. The Morgan fingerprint density at radius 3 is 2.50 bits per heavy atom. The van der Waals surface area contributed by atoms with E-state index in [9.17, 15) is 19.1 Å². The summed E-state index contributed by atoms with van der Waals surface area (Å²) in [6, 6.07) is 9.95. The minimum Gasteiger partial charge on any atom is -0.387 e. The number of aromatic nitrogens is 4. The van der Waals surface area contributed by atoms with Crippen molar-refractivity contribution in [3.63, 3.8) is 0 Å². The van der Waals surface area contributed by atoms with Crippen molar-refractivity contribution in [2.75, 3.05) is 12.3 Å². The number of halogens is 1. The van der Waals surface area contributed by atoms with Crippen molar-refractivity contribution in [1.82, 2.24) is 24.5 Å². The number of fused-ring (bicyclic) bond motifs is 3. The van der Waals surface area contributed by atoms with Gasteiger partial charge in [0.25, 0.3) is 0 Å². The molecular formula is C28H27FN6O3. The van der Waals surface area contributed by atoms with Gasteiger partial charge in [-0.1, -0.05) is 18.2 Å². The Balaban J connectivity index is 1.40. The molecule has 2 aliphatic rings. The average Bonchev–Trinajstić information content (AvgIpc) is 3.46. The van der Waals surface area contributed by atoms with Crippen LogP contribution in [0.2, 0.25) is 0 Å². The molecule has 5 heterocycles. The highest BCUT2D eigenvalue weighted by molar-refractivity contribution is 6.00. The van der Waals surface area contributed by atoms with Crippen molar-refractivity contribution in [2.45, 2.75) is 50.6 Å². The van der Waals surface area contributed by atoms with Gasteiger partial charge in [-0.3, -0.25) is 14.6 Å². The lowest BCUT2D eigenvalue weighted by atomic mass is 9.85. The molecule has 0 saturated carbocycles. The second-order valence-corrected chi connectivity index (χ2v) is 10.1. The number of hydrogen-bond acceptors (Lipinski definition) is 7. The number of hydrogen-bond donors (Lipinski definition) is 2. The number of nitrogen functional groups attached to an aromatic ring is 1. The van der Waals surface area contributed by atoms with Gasteiger partial charge in [0.15, 0.2) is 11.4 Å². The molecule has 3 aromatic heterocycles. The molecule has 2 fully saturated rings. The summed E-state index contributed by atoms with van der Waals surface area (Å²) >= 11 is 0. The van der Waals surface area contributed by atoms with Gasteiger partial charge in [0.1, 0.15) is 18.2 Å². The number of rotatable bonds is 5. The van der Waals surface area contributed by atoms with Crippen LogP contribution in [0.25, 0.3) is 28.0 Å². The smallest absolute Gasteiger partial charge is 0.248 e. The number of aliphatic hydroxyl groups is 1. The Hall–Kier alpha value is -4.18. The molecule has 0 spiro atoms. The summed E-state index contributed by atoms with van der Waals surface area (Å²) in [7, 11) is 0. The molecule has 9 nitrogen and oxygen atoms in total. The molecule has 0 unspecified atom stereocenters. The normalized spacial score (nSPS) is 20.7. The summed E-state index contributed by atoms with van der Waals surface area (Å²) < 4.78 is 15.1. The largest absolute Gasteiger partial charge is 0.387 e. The van der Waals surface area contributed by atoms with E-state index in [2.05, 4.69) is 10.1 Å². The SMILES string of the molecule is CC(=O)c1c(C2C[C@H]3CC[C@H](C2)N3C(=O)CO)nc2c(-c3ccc(-c4cccc(F)c4)nc3)cnn2c1N. The van der Waals surface area contributed by atoms with Crippen molar-refractivity contribution < 1.29 is 19.1 Å². The van der Waals surface area contributed by atoms with Crippen LogP contribution in [0.3, 0.4) is 0 Å². The van der Waals surface area contributed by atoms with Crippen LogP contribution in [0, 0.1) is 5.82 Å². The van der Waals surface area contributed by atoms with E-state index in [0.717, 1.165) is 18.4 Å². The monoisotopic (exact) mass is 514 g/mol. The number of anilines is 1. The number of amides is 1. The number of carbonyl (C=O) groups excluding carboxylic acids is 2. The number of aliphatic hydroxyl groups excluding tert-OH is 1. The number of carbonyl (C=O) groups is 2. The van der Waals surface area contributed by atoms with E-state index in [1.807, 2.05) is 17.0 Å². The summed E-state index contributed by atoms with van der Waals surface area (Å²) in [5.41, 5.74) is 10.8. The molecule has 0 aliphatic carbocycles. The molecule has 6 rings (SSSR count). The maximum atomic E-state index is 13.7. The van der Waals surface area contributed by atoms with E-state index < -0.39 is 6.61 Å². The Morgan fingerprint density at radius 1 is 1.11 bits per heavy atom. The van der Waals surface area contributed by atoms with Crippen LogP contribution in [0.15, 0.2) is 48.8 Å². The molecule has 3 N–H and O–H groups in total. The highest BCUT2D eigenvalue weighted by atomic mass is 19.1. The zero-order chi connectivity index (χ0) is 26.6. The molecule has 10 heteroatoms. The minimum absolute atomic E-state index is 0.00130. The Morgan fingerprint density at radius 2 is 1.87 bits per heavy atom. The predicted molar refractivity (Wildman–Crippen MR) is 139 cm³/mol. The van der Waals surface area contributed by atoms with Gasteiger partial charge in [0, 0.05) is 40.9 Å². The van der Waals surface area contributed by atoms with Gasteiger partial charge in [-0.25, -0.2) is 9.37 Å². The van der Waals surface area contributed by atoms with Gasteiger partial charge >= 0.3 is 0 Å². The lowest BCUT2D eigenvalue weighted by Crippen LogP contribution is -2.47. The van der Waals surface area contributed by atoms with Gasteiger partial charge in [-0.15, -0.1) is 0 Å². The summed E-state index contributed by atoms with van der Waals surface area (Å²) in [5.74, 6) is -0.597. The summed E-state index contributed by atoms with van der Waals surface area (Å²) in [5, 5.41) is 13.8. The topological polar surface area (TPSA) is 127 Å². The number of nitrogens with zero attached hydrogens (tertiary/aromatic N) is 5. The van der Waals surface area contributed by atoms with Crippen molar-refractivity contribution in [1.29, 1.82) is 0 Å². The van der Waals surface area contributed by atoms with Crippen LogP contribution in [0.4, 0.5) is 10.2 Å². The third-order valence-corrected chi connectivity index (χ3v) is 7.80. The standard InChI is InChI=1S/C28H27FN6O3/c1-15(37)25-26(18-10-20-6-7-21(11-18)34(20)24(38)14-36)33-28-22(13-32-35(28)27(25)30)17-5-8-23(31-12-17)16-3-2-4-19(29)9-16/h2-5,8-9,12-13,18,20-21,36H,6-7,10-11,14,30H2,1H3/t20-,21-/m1/s1. The molecule has 2 bridgehead atoms. The zero-order valence-corrected chi connectivity index (χ0v) is 20.8. The maximum absolute atomic E-state index is 13.7. The number of nitrogens with two attached hydrogens (primary N) is 1. The predicted octanol–water partition coefficient (Wildman–Crippen LogP) is 3.61. The van der Waals surface area contributed by atoms with Crippen LogP contribution < -0.4 is 5.73 Å². The molecule has 0 radical (unpaired) electrons. The number of benzene rings is 1. The van der Waals surface area contributed by atoms with Crippen LogP contribution in [0.5, 0.6) is 0 Å². The molecule has 194 valence electrons. The van der Waals surface area contributed by atoms with Gasteiger partial charge in [0.2, 0.25) is 5.91 Å². The lowest BCUT2D eigenvalue weighted by Gasteiger charge is -2.39. The Bertz CT molecular complexity index is 1550. The molecule has 4 aromatic rings. The van der Waals surface area contributed by atoms with Crippen molar-refractivity contribution in [3.05, 3.63) is 65.9 Å². The molecule has 38 heavy (non-hydrogen) atoms. The van der Waals surface area contributed by atoms with Crippen molar-refractivity contribution in [3.8, 4) is 22.4 Å². The maximum Gasteiger partial charge on any atom is 0.248 e. The summed E-state index contributed by atoms with van der Waals surface area (Å²) in [6.07, 6.45) is 6.37. The second kappa shape index (κ2) is 9.29. The first-order valence-corrected chi connectivity index (χ1v) is 12.7. The van der Waals surface area contributed by atoms with Crippen LogP contribution in [-0.4, -0.2) is 60.0 Å². The fourth-order valence-electron chi connectivity index (χ4n) is 6.15. The van der Waals surface area contributed by atoms with Crippen molar-refractivity contribution >= 4 is 23.2 Å². The first kappa shape index (κ1) is 24.2. The Labute approximate surface area is 218 Å². The molecular weight excluding hydrogens is 487 g/mol. The number of piperidine rings is 1. The van der Waals surface area contributed by atoms with Gasteiger partial charge < -0.3 is 15.7 Å². The highest BCUT2D eigenvalue weighted by Crippen LogP contribution is 2.44. The van der Waals surface area contributed by atoms with Gasteiger partial charge in [-0.05, 0) is 50.8 Å². The van der Waals surface area contributed by atoms with E-state index in [4.69, 9.17) is 10.7 Å². The van der Waals surface area contributed by atoms with Crippen LogP contribution in [-0.2, 0) is 4.79 Å². The average molecular weight is 515 g/mol. The summed E-state index contributed by atoms with van der Waals surface area (Å²) in [6.45, 7) is 0.972. The van der Waals surface area contributed by atoms with E-state index in [-0.39, 0.29) is 41.3 Å². The van der Waals surface area contributed by atoms with Crippen LogP contribution >= 0.6 is 0 Å². The van der Waals surface area contributed by atoms with Gasteiger partial charge in [-0.2, -0.15) is 9.61 Å². The van der Waals surface area contributed by atoms with Crippen LogP contribution in [0.1, 0.15) is 54.6 Å². The third-order valence-electron chi connectivity index (χ3n) is 7.80. The minimum atomic E-state index is -0.501. The number of pyridine rings is 1. The second-order valence-electron chi connectivity index (χ2n) is 10.1. The Kier molecular flexibility index (Phi) is 5.91. The van der Waals surface area contributed by atoms with E-state index in [1.165, 1.54) is 23.6 Å². The number of ketones is 1. The van der Waals surface area contributed by atoms with Gasteiger partial charge in [0.05, 0.1) is 23.1 Å².